The van der Waals surface area contributed by atoms with Gasteiger partial charge >= 0.3 is 29.6 Å². The molecular weight excluding hydrogens is 445 g/mol. The third kappa shape index (κ3) is 8.11. The first-order valence-corrected chi connectivity index (χ1v) is 13.1. The van der Waals surface area contributed by atoms with Crippen molar-refractivity contribution in [2.24, 2.45) is 0 Å². The van der Waals surface area contributed by atoms with Crippen molar-refractivity contribution in [3.8, 4) is 11.4 Å². The predicted molar refractivity (Wildman–Crippen MR) is 129 cm³/mol. The van der Waals surface area contributed by atoms with Crippen molar-refractivity contribution in [1.82, 2.24) is 9.55 Å². The predicted octanol–water partition coefficient (Wildman–Crippen LogP) is 3.11. The van der Waals surface area contributed by atoms with E-state index in [0.29, 0.717) is 11.2 Å². The number of aryl methyl sites for hydroxylation is 1. The van der Waals surface area contributed by atoms with Crippen LogP contribution in [0.15, 0.2) is 47.4 Å². The van der Waals surface area contributed by atoms with Gasteiger partial charge in [-0.15, -0.1) is 0 Å². The first-order chi connectivity index (χ1) is 15.4. The molecule has 8 heteroatoms. The summed E-state index contributed by atoms with van der Waals surface area (Å²) >= 11 is 0. The van der Waals surface area contributed by atoms with Gasteiger partial charge in [0.25, 0.3) is 0 Å². The molecule has 0 aliphatic heterocycles. The molecule has 0 saturated heterocycles. The number of rotatable bonds is 13. The van der Waals surface area contributed by atoms with Crippen molar-refractivity contribution in [3.05, 3.63) is 42.5 Å². The second kappa shape index (κ2) is 13.5. The third-order valence-corrected chi connectivity index (χ3v) is 6.72. The molecule has 0 saturated carbocycles. The normalized spacial score (nSPS) is 11.6. The van der Waals surface area contributed by atoms with Gasteiger partial charge in [-0.3, -0.25) is 0 Å². The van der Waals surface area contributed by atoms with Gasteiger partial charge in [0, 0.05) is 17.8 Å². The molecule has 1 aromatic heterocycles. The number of imidazole rings is 1. The minimum atomic E-state index is -4.53. The zero-order valence-electron chi connectivity index (χ0n) is 19.9. The first kappa shape index (κ1) is 27.9. The van der Waals surface area contributed by atoms with Crippen molar-refractivity contribution >= 4 is 26.8 Å². The summed E-state index contributed by atoms with van der Waals surface area (Å²) in [7, 11) is -4.53. The Labute approximate surface area is 220 Å². The zero-order valence-corrected chi connectivity index (χ0v) is 22.7. The summed E-state index contributed by atoms with van der Waals surface area (Å²) in [4.78, 5) is 4.41. The first-order valence-electron chi connectivity index (χ1n) is 11.7. The molecule has 2 aromatic carbocycles. The largest absolute Gasteiger partial charge is 1.00 e. The summed E-state index contributed by atoms with van der Waals surface area (Å²) < 4.78 is 36.4. The average Bonchev–Trinajstić information content (AvgIpc) is 3.12. The molecule has 0 aliphatic rings. The number of anilines is 1. The van der Waals surface area contributed by atoms with E-state index in [-0.39, 0.29) is 34.5 Å². The van der Waals surface area contributed by atoms with Gasteiger partial charge in [0.05, 0.1) is 15.9 Å². The van der Waals surface area contributed by atoms with E-state index in [9.17, 15) is 13.0 Å². The molecule has 0 aliphatic carbocycles. The van der Waals surface area contributed by atoms with Gasteiger partial charge in [-0.25, -0.2) is 13.4 Å². The number of nitrogens with zero attached hydrogens (tertiary/aromatic N) is 2. The van der Waals surface area contributed by atoms with Crippen molar-refractivity contribution in [1.29, 1.82) is 0 Å². The zero-order chi connectivity index (χ0) is 23.0. The molecule has 0 bridgehead atoms. The topological polar surface area (TPSA) is 101 Å². The summed E-state index contributed by atoms with van der Waals surface area (Å²) in [5, 5.41) is 0. The Bertz CT molecular complexity index is 1130. The number of nitrogens with two attached hydrogens (primary N) is 1. The van der Waals surface area contributed by atoms with E-state index in [0.717, 1.165) is 36.3 Å². The molecule has 6 nitrogen and oxygen atoms in total. The number of hydrogen-bond acceptors (Lipinski definition) is 5. The fourth-order valence-electron chi connectivity index (χ4n) is 4.15. The molecule has 33 heavy (non-hydrogen) atoms. The fraction of sp³-hybridized carbons (Fsp3) is 0.480. The van der Waals surface area contributed by atoms with Crippen LogP contribution in [-0.4, -0.2) is 22.5 Å². The number of fused-ring (bicyclic) bond motifs is 1. The van der Waals surface area contributed by atoms with Crippen molar-refractivity contribution in [3.63, 3.8) is 0 Å². The molecule has 0 radical (unpaired) electrons. The Balaban J connectivity index is 0.00000385. The second-order valence-corrected chi connectivity index (χ2v) is 9.88. The van der Waals surface area contributed by atoms with E-state index in [1.165, 1.54) is 63.5 Å². The summed E-state index contributed by atoms with van der Waals surface area (Å²) in [6, 6.07) is 11.9. The summed E-state index contributed by atoms with van der Waals surface area (Å²) in [5.74, 6) is 0.740. The van der Waals surface area contributed by atoms with E-state index >= 15 is 0 Å². The summed E-state index contributed by atoms with van der Waals surface area (Å²) in [5.41, 5.74) is 8.82. The molecule has 0 fully saturated rings. The summed E-state index contributed by atoms with van der Waals surface area (Å²) in [6.07, 6.45) is 12.6. The molecule has 3 aromatic rings. The third-order valence-electron chi connectivity index (χ3n) is 5.89. The van der Waals surface area contributed by atoms with Gasteiger partial charge in [-0.2, -0.15) is 0 Å². The van der Waals surface area contributed by atoms with Crippen LogP contribution in [0.25, 0.3) is 22.4 Å². The van der Waals surface area contributed by atoms with E-state index < -0.39 is 10.1 Å². The molecule has 174 valence electrons. The van der Waals surface area contributed by atoms with E-state index in [2.05, 4.69) is 16.5 Å². The quantitative estimate of drug-likeness (QED) is 0.176. The van der Waals surface area contributed by atoms with Crippen molar-refractivity contribution in [2.75, 3.05) is 5.73 Å². The fourth-order valence-corrected chi connectivity index (χ4v) is 4.64. The van der Waals surface area contributed by atoms with E-state index in [1.807, 2.05) is 24.3 Å². The number of hydrogen-bond donors (Lipinski definition) is 1. The maximum absolute atomic E-state index is 11.4. The van der Waals surface area contributed by atoms with Crippen LogP contribution >= 0.6 is 0 Å². The molecule has 0 unspecified atom stereocenters. The second-order valence-electron chi connectivity index (χ2n) is 8.50. The molecule has 2 N–H and O–H groups in total. The Hall–Kier alpha value is -1.38. The van der Waals surface area contributed by atoms with Gasteiger partial charge in [0.15, 0.2) is 0 Å². The van der Waals surface area contributed by atoms with Gasteiger partial charge in [0.2, 0.25) is 0 Å². The SMILES string of the molecule is CCCCCCCCCCCCn1c(-c2cccc(N)c2)nc2cc(S(=O)(=O)[O-])ccc21.[Na+]. The molecular formula is C25H34N3NaO3S. The Morgan fingerprint density at radius 2 is 1.55 bits per heavy atom. The number of nitrogen functional groups attached to an aromatic ring is 1. The smallest absolute Gasteiger partial charge is 0.744 e. The molecule has 1 heterocycles. The van der Waals surface area contributed by atoms with Crippen LogP contribution < -0.4 is 35.3 Å². The standard InChI is InChI=1S/C25H35N3O3S.Na/c1-2-3-4-5-6-7-8-9-10-11-17-28-24-16-15-22(32(29,30)31)19-23(24)27-25(28)20-13-12-14-21(26)18-20;/h12-16,18-19H,2-11,17,26H2,1H3,(H,29,30,31);/q;+1/p-1. The maximum Gasteiger partial charge on any atom is 1.00 e. The Morgan fingerprint density at radius 3 is 2.15 bits per heavy atom. The Morgan fingerprint density at radius 1 is 0.909 bits per heavy atom. The number of unbranched alkanes of at least 4 members (excludes halogenated alkanes) is 9. The van der Waals surface area contributed by atoms with Crippen LogP contribution in [0.1, 0.15) is 71.1 Å². The molecule has 0 spiro atoms. The number of benzene rings is 2. The van der Waals surface area contributed by atoms with Crippen LogP contribution in [0.3, 0.4) is 0 Å². The van der Waals surface area contributed by atoms with E-state index in [4.69, 9.17) is 5.73 Å². The average molecular weight is 480 g/mol. The minimum Gasteiger partial charge on any atom is -0.744 e. The van der Waals surface area contributed by atoms with Gasteiger partial charge in [-0.05, 0) is 36.8 Å². The monoisotopic (exact) mass is 479 g/mol. The van der Waals surface area contributed by atoms with Crippen LogP contribution in [0.5, 0.6) is 0 Å². The molecule has 3 rings (SSSR count). The van der Waals surface area contributed by atoms with Crippen molar-refractivity contribution < 1.29 is 42.5 Å². The van der Waals surface area contributed by atoms with Crippen LogP contribution in [0.2, 0.25) is 0 Å². The van der Waals surface area contributed by atoms with Crippen LogP contribution in [-0.2, 0) is 16.7 Å². The van der Waals surface area contributed by atoms with E-state index in [1.54, 1.807) is 6.07 Å². The van der Waals surface area contributed by atoms with Gasteiger partial charge in [-0.1, -0.05) is 76.8 Å². The molecule has 0 amide bonds. The summed E-state index contributed by atoms with van der Waals surface area (Å²) in [6.45, 7) is 3.02. The van der Waals surface area contributed by atoms with Gasteiger partial charge in [0.1, 0.15) is 15.9 Å². The molecule has 0 atom stereocenters. The van der Waals surface area contributed by atoms with Crippen molar-refractivity contribution in [2.45, 2.75) is 82.6 Å². The van der Waals surface area contributed by atoms with Gasteiger partial charge < -0.3 is 14.9 Å². The number of aromatic nitrogens is 2. The minimum absolute atomic E-state index is 0. The van der Waals surface area contributed by atoms with Crippen LogP contribution in [0.4, 0.5) is 5.69 Å². The Kier molecular flexibility index (Phi) is 11.4. The maximum atomic E-state index is 11.4. The van der Waals surface area contributed by atoms with Crippen LogP contribution in [0, 0.1) is 0 Å².